The van der Waals surface area contributed by atoms with E-state index in [9.17, 15) is 4.79 Å². The van der Waals surface area contributed by atoms with E-state index >= 15 is 0 Å². The fourth-order valence-corrected chi connectivity index (χ4v) is 4.38. The number of benzene rings is 2. The van der Waals surface area contributed by atoms with Gasteiger partial charge in [-0.1, -0.05) is 58.4 Å². The van der Waals surface area contributed by atoms with E-state index in [0.29, 0.717) is 6.54 Å². The summed E-state index contributed by atoms with van der Waals surface area (Å²) in [6.07, 6.45) is 0. The van der Waals surface area contributed by atoms with E-state index < -0.39 is 5.60 Å². The van der Waals surface area contributed by atoms with Crippen LogP contribution >= 0.6 is 15.9 Å². The maximum absolute atomic E-state index is 12.3. The third-order valence-electron chi connectivity index (χ3n) is 5.19. The molecule has 3 rings (SSSR count). The van der Waals surface area contributed by atoms with Crippen molar-refractivity contribution >= 4 is 21.9 Å². The van der Waals surface area contributed by atoms with Crippen LogP contribution in [0.5, 0.6) is 0 Å². The molecular formula is C24H31BrN2O2. The number of carbonyl (C=O) groups is 1. The van der Waals surface area contributed by atoms with Crippen molar-refractivity contribution in [2.24, 2.45) is 0 Å². The Hall–Kier alpha value is -1.69. The van der Waals surface area contributed by atoms with Gasteiger partial charge in [-0.05, 0) is 51.0 Å². The first-order valence-electron chi connectivity index (χ1n) is 10.2. The van der Waals surface area contributed by atoms with E-state index in [1.54, 1.807) is 0 Å². The van der Waals surface area contributed by atoms with Crippen LogP contribution in [0, 0.1) is 0 Å². The van der Waals surface area contributed by atoms with Crippen molar-refractivity contribution in [1.29, 1.82) is 0 Å². The van der Waals surface area contributed by atoms with Crippen molar-refractivity contribution in [3.63, 3.8) is 0 Å². The molecule has 2 aromatic carbocycles. The molecule has 156 valence electrons. The number of nitrogens with zero attached hydrogens (tertiary/aromatic N) is 2. The highest BCUT2D eigenvalue weighted by molar-refractivity contribution is 9.10. The number of esters is 1. The molecule has 5 heteroatoms. The summed E-state index contributed by atoms with van der Waals surface area (Å²) in [5.74, 6) is -0.149. The minimum atomic E-state index is -0.443. The molecule has 1 heterocycles. The summed E-state index contributed by atoms with van der Waals surface area (Å²) in [5, 5.41) is 0. The Morgan fingerprint density at radius 1 is 1.10 bits per heavy atom. The number of halogens is 1. The van der Waals surface area contributed by atoms with Gasteiger partial charge in [0, 0.05) is 30.1 Å². The van der Waals surface area contributed by atoms with E-state index in [1.165, 1.54) is 11.1 Å². The Labute approximate surface area is 183 Å². The Morgan fingerprint density at radius 3 is 2.41 bits per heavy atom. The van der Waals surface area contributed by atoms with Gasteiger partial charge in [0.05, 0.1) is 12.6 Å². The Morgan fingerprint density at radius 2 is 1.79 bits per heavy atom. The van der Waals surface area contributed by atoms with E-state index in [1.807, 2.05) is 20.8 Å². The average Bonchev–Trinajstić information content (AvgIpc) is 2.64. The number of hydrogen-bond acceptors (Lipinski definition) is 4. The average molecular weight is 459 g/mol. The van der Waals surface area contributed by atoms with E-state index in [-0.39, 0.29) is 18.1 Å². The topological polar surface area (TPSA) is 32.8 Å². The predicted molar refractivity (Wildman–Crippen MR) is 121 cm³/mol. The van der Waals surface area contributed by atoms with Crippen molar-refractivity contribution in [1.82, 2.24) is 9.80 Å². The first kappa shape index (κ1) is 22.0. The van der Waals surface area contributed by atoms with Gasteiger partial charge >= 0.3 is 5.97 Å². The van der Waals surface area contributed by atoms with Crippen LogP contribution in [0.15, 0.2) is 59.1 Å². The highest BCUT2D eigenvalue weighted by Crippen LogP contribution is 2.32. The lowest BCUT2D eigenvalue weighted by atomic mass is 9.95. The molecule has 1 aliphatic rings. The van der Waals surface area contributed by atoms with Crippen LogP contribution in [-0.2, 0) is 9.53 Å². The molecule has 0 spiro atoms. The number of hydrogen-bond donors (Lipinski definition) is 0. The standard InChI is InChI=1S/C24H31BrN2O2/c1-18-16-27(14-13-26(18)17-22(28)29-24(2,3)4)23(19-9-6-5-7-10-19)20-11-8-12-21(25)15-20/h5-12,15,18,23H,13-14,16-17H2,1-4H3/t18-,23-/m1/s1. The summed E-state index contributed by atoms with van der Waals surface area (Å²) >= 11 is 3.62. The molecule has 0 saturated carbocycles. The molecule has 0 aromatic heterocycles. The molecule has 1 saturated heterocycles. The monoisotopic (exact) mass is 458 g/mol. The molecular weight excluding hydrogens is 428 g/mol. The number of carbonyl (C=O) groups excluding carboxylic acids is 1. The summed E-state index contributed by atoms with van der Waals surface area (Å²) in [5.41, 5.74) is 2.12. The lowest BCUT2D eigenvalue weighted by Gasteiger charge is -2.43. The second kappa shape index (κ2) is 9.41. The van der Waals surface area contributed by atoms with Crippen LogP contribution in [0.3, 0.4) is 0 Å². The summed E-state index contributed by atoms with van der Waals surface area (Å²) in [4.78, 5) is 17.0. The zero-order valence-corrected chi connectivity index (χ0v) is 19.4. The molecule has 0 unspecified atom stereocenters. The van der Waals surface area contributed by atoms with Gasteiger partial charge in [-0.3, -0.25) is 14.6 Å². The fraction of sp³-hybridized carbons (Fsp3) is 0.458. The van der Waals surface area contributed by atoms with Crippen molar-refractivity contribution < 1.29 is 9.53 Å². The third kappa shape index (κ3) is 6.14. The molecule has 0 N–H and O–H groups in total. The quantitative estimate of drug-likeness (QED) is 0.597. The van der Waals surface area contributed by atoms with Crippen molar-refractivity contribution in [3.8, 4) is 0 Å². The van der Waals surface area contributed by atoms with Crippen LogP contribution < -0.4 is 0 Å². The smallest absolute Gasteiger partial charge is 0.320 e. The van der Waals surface area contributed by atoms with Gasteiger partial charge in [0.1, 0.15) is 5.60 Å². The molecule has 1 fully saturated rings. The Bertz CT molecular complexity index is 819. The predicted octanol–water partition coefficient (Wildman–Crippen LogP) is 4.89. The highest BCUT2D eigenvalue weighted by Gasteiger charge is 2.32. The lowest BCUT2D eigenvalue weighted by molar-refractivity contribution is -0.157. The largest absolute Gasteiger partial charge is 0.459 e. The van der Waals surface area contributed by atoms with Crippen LogP contribution in [-0.4, -0.2) is 53.6 Å². The van der Waals surface area contributed by atoms with E-state index in [4.69, 9.17) is 4.74 Å². The van der Waals surface area contributed by atoms with Crippen LogP contribution in [0.25, 0.3) is 0 Å². The van der Waals surface area contributed by atoms with Gasteiger partial charge in [0.15, 0.2) is 0 Å². The van der Waals surface area contributed by atoms with Gasteiger partial charge in [-0.2, -0.15) is 0 Å². The van der Waals surface area contributed by atoms with Gasteiger partial charge in [0.25, 0.3) is 0 Å². The molecule has 2 atom stereocenters. The Balaban J connectivity index is 1.75. The summed E-state index contributed by atoms with van der Waals surface area (Å²) in [7, 11) is 0. The lowest BCUT2D eigenvalue weighted by Crippen LogP contribution is -2.54. The van der Waals surface area contributed by atoms with Gasteiger partial charge in [-0.25, -0.2) is 0 Å². The maximum atomic E-state index is 12.3. The number of piperazine rings is 1. The molecule has 2 aromatic rings. The van der Waals surface area contributed by atoms with Crippen molar-refractivity contribution in [3.05, 3.63) is 70.2 Å². The second-order valence-corrected chi connectivity index (χ2v) is 9.68. The fourth-order valence-electron chi connectivity index (χ4n) is 3.96. The third-order valence-corrected chi connectivity index (χ3v) is 5.69. The van der Waals surface area contributed by atoms with E-state index in [0.717, 1.165) is 24.1 Å². The molecule has 4 nitrogen and oxygen atoms in total. The molecule has 0 bridgehead atoms. The molecule has 0 aliphatic carbocycles. The summed E-state index contributed by atoms with van der Waals surface area (Å²) in [6, 6.07) is 19.7. The van der Waals surface area contributed by atoms with E-state index in [2.05, 4.69) is 87.3 Å². The molecule has 0 amide bonds. The zero-order chi connectivity index (χ0) is 21.0. The van der Waals surface area contributed by atoms with Gasteiger partial charge < -0.3 is 4.74 Å². The highest BCUT2D eigenvalue weighted by atomic mass is 79.9. The Kier molecular flexibility index (Phi) is 7.14. The molecule has 0 radical (unpaired) electrons. The first-order valence-corrected chi connectivity index (χ1v) is 11.0. The van der Waals surface area contributed by atoms with Crippen molar-refractivity contribution in [2.45, 2.75) is 45.4 Å². The number of rotatable bonds is 5. The maximum Gasteiger partial charge on any atom is 0.320 e. The van der Waals surface area contributed by atoms with Gasteiger partial charge in [0.2, 0.25) is 0 Å². The van der Waals surface area contributed by atoms with Crippen LogP contribution in [0.1, 0.15) is 44.9 Å². The van der Waals surface area contributed by atoms with Gasteiger partial charge in [-0.15, -0.1) is 0 Å². The zero-order valence-electron chi connectivity index (χ0n) is 17.8. The minimum Gasteiger partial charge on any atom is -0.459 e. The second-order valence-electron chi connectivity index (χ2n) is 8.77. The molecule has 1 aliphatic heterocycles. The summed E-state index contributed by atoms with van der Waals surface area (Å²) < 4.78 is 6.61. The first-order chi connectivity index (χ1) is 13.7. The summed E-state index contributed by atoms with van der Waals surface area (Å²) in [6.45, 7) is 10.9. The number of ether oxygens (including phenoxy) is 1. The molecule has 29 heavy (non-hydrogen) atoms. The van der Waals surface area contributed by atoms with Crippen molar-refractivity contribution in [2.75, 3.05) is 26.2 Å². The minimum absolute atomic E-state index is 0.149. The SMILES string of the molecule is C[C@@H]1CN([C@H](c2ccccc2)c2cccc(Br)c2)CCN1CC(=O)OC(C)(C)C. The normalized spacial score (nSPS) is 19.7. The van der Waals surface area contributed by atoms with Crippen LogP contribution in [0.4, 0.5) is 0 Å². The van der Waals surface area contributed by atoms with Crippen LogP contribution in [0.2, 0.25) is 0 Å².